The van der Waals surface area contributed by atoms with Crippen molar-refractivity contribution in [1.29, 1.82) is 0 Å². The number of fused-ring (bicyclic) bond motifs is 3. The number of ether oxygens (including phenoxy) is 2. The molecule has 0 aromatic heterocycles. The number of hydrogen-bond donors (Lipinski definition) is 0. The van der Waals surface area contributed by atoms with Crippen molar-refractivity contribution in [2.75, 3.05) is 7.11 Å². The number of rotatable bonds is 2. The highest BCUT2D eigenvalue weighted by Gasteiger charge is 2.59. The van der Waals surface area contributed by atoms with Gasteiger partial charge in [-0.1, -0.05) is 27.2 Å². The molecule has 0 bridgehead atoms. The number of cyclic esters (lactones) is 1. The highest BCUT2D eigenvalue weighted by molar-refractivity contribution is 5.85. The molecule has 2 saturated carbocycles. The number of carbonyl (C=O) groups is 2. The van der Waals surface area contributed by atoms with Crippen LogP contribution < -0.4 is 0 Å². The summed E-state index contributed by atoms with van der Waals surface area (Å²) >= 11 is 0. The van der Waals surface area contributed by atoms with Gasteiger partial charge in [0, 0.05) is 12.0 Å². The van der Waals surface area contributed by atoms with E-state index in [1.807, 2.05) is 0 Å². The topological polar surface area (TPSA) is 52.6 Å². The van der Waals surface area contributed by atoms with Crippen LogP contribution in [0.2, 0.25) is 0 Å². The van der Waals surface area contributed by atoms with Crippen molar-refractivity contribution in [3.8, 4) is 0 Å². The zero-order valence-electron chi connectivity index (χ0n) is 15.6. The molecule has 24 heavy (non-hydrogen) atoms. The molecule has 0 N–H and O–H groups in total. The maximum atomic E-state index is 12.5. The first-order valence-corrected chi connectivity index (χ1v) is 9.25. The average Bonchev–Trinajstić information content (AvgIpc) is 2.53. The lowest BCUT2D eigenvalue weighted by Gasteiger charge is -2.58. The lowest BCUT2D eigenvalue weighted by atomic mass is 9.47. The van der Waals surface area contributed by atoms with Gasteiger partial charge in [0.2, 0.25) is 0 Å². The molecule has 0 aromatic rings. The van der Waals surface area contributed by atoms with E-state index in [1.165, 1.54) is 12.7 Å². The summed E-state index contributed by atoms with van der Waals surface area (Å²) < 4.78 is 10.8. The van der Waals surface area contributed by atoms with Crippen LogP contribution in [0.5, 0.6) is 0 Å². The van der Waals surface area contributed by atoms with Gasteiger partial charge in [0.1, 0.15) is 6.10 Å². The van der Waals surface area contributed by atoms with Crippen LogP contribution in [-0.4, -0.2) is 25.2 Å². The lowest BCUT2D eigenvalue weighted by molar-refractivity contribution is -0.167. The SMILES string of the molecule is COC(=O)[C@@]1(C)CCC[C@]2(C)C3=CC(=O)O[C@H](C(C)C)[C@H]3CC[C@@H]12. The van der Waals surface area contributed by atoms with Crippen LogP contribution in [0.1, 0.15) is 59.8 Å². The van der Waals surface area contributed by atoms with Crippen LogP contribution in [0, 0.1) is 28.6 Å². The summed E-state index contributed by atoms with van der Waals surface area (Å²) in [7, 11) is 1.48. The minimum absolute atomic E-state index is 0.0402. The molecule has 4 heteroatoms. The summed E-state index contributed by atoms with van der Waals surface area (Å²) in [6.45, 7) is 8.55. The second-order valence-electron chi connectivity index (χ2n) is 8.66. The molecule has 1 aliphatic heterocycles. The van der Waals surface area contributed by atoms with E-state index in [0.717, 1.165) is 32.1 Å². The van der Waals surface area contributed by atoms with Gasteiger partial charge in [-0.2, -0.15) is 0 Å². The van der Waals surface area contributed by atoms with E-state index in [0.29, 0.717) is 11.8 Å². The second kappa shape index (κ2) is 5.89. The number of esters is 2. The maximum absolute atomic E-state index is 12.5. The molecule has 0 aromatic carbocycles. The largest absolute Gasteiger partial charge is 0.469 e. The van der Waals surface area contributed by atoms with E-state index >= 15 is 0 Å². The second-order valence-corrected chi connectivity index (χ2v) is 8.66. The number of hydrogen-bond acceptors (Lipinski definition) is 4. The van der Waals surface area contributed by atoms with Gasteiger partial charge >= 0.3 is 11.9 Å². The fourth-order valence-corrected chi connectivity index (χ4v) is 5.85. The van der Waals surface area contributed by atoms with Crippen LogP contribution >= 0.6 is 0 Å². The Balaban J connectivity index is 2.03. The van der Waals surface area contributed by atoms with Gasteiger partial charge in [0.15, 0.2) is 0 Å². The molecule has 4 nitrogen and oxygen atoms in total. The van der Waals surface area contributed by atoms with E-state index in [-0.39, 0.29) is 29.4 Å². The van der Waals surface area contributed by atoms with Gasteiger partial charge in [-0.25, -0.2) is 4.79 Å². The molecule has 0 saturated heterocycles. The zero-order chi connectivity index (χ0) is 17.7. The average molecular weight is 334 g/mol. The van der Waals surface area contributed by atoms with E-state index < -0.39 is 5.41 Å². The Morgan fingerprint density at radius 2 is 2.00 bits per heavy atom. The molecular formula is C20H30O4. The molecule has 0 radical (unpaired) electrons. The van der Waals surface area contributed by atoms with E-state index in [1.54, 1.807) is 6.08 Å². The smallest absolute Gasteiger partial charge is 0.331 e. The Morgan fingerprint density at radius 3 is 2.62 bits per heavy atom. The summed E-state index contributed by atoms with van der Waals surface area (Å²) in [5, 5.41) is 0. The third-order valence-corrected chi connectivity index (χ3v) is 6.99. The van der Waals surface area contributed by atoms with Crippen LogP contribution in [0.4, 0.5) is 0 Å². The Labute approximate surface area is 145 Å². The van der Waals surface area contributed by atoms with Gasteiger partial charge in [-0.05, 0) is 55.4 Å². The van der Waals surface area contributed by atoms with Gasteiger partial charge in [-0.3, -0.25) is 4.79 Å². The molecule has 3 rings (SSSR count). The van der Waals surface area contributed by atoms with Crippen LogP contribution in [0.25, 0.3) is 0 Å². The third kappa shape index (κ3) is 2.41. The lowest BCUT2D eigenvalue weighted by Crippen LogP contribution is -2.55. The molecule has 0 unspecified atom stereocenters. The number of carbonyl (C=O) groups excluding carboxylic acids is 2. The minimum atomic E-state index is -0.456. The fourth-order valence-electron chi connectivity index (χ4n) is 5.85. The van der Waals surface area contributed by atoms with Crippen molar-refractivity contribution in [1.82, 2.24) is 0 Å². The monoisotopic (exact) mass is 334 g/mol. The van der Waals surface area contributed by atoms with E-state index in [2.05, 4.69) is 27.7 Å². The summed E-state index contributed by atoms with van der Waals surface area (Å²) in [5.41, 5.74) is 0.655. The Morgan fingerprint density at radius 1 is 1.29 bits per heavy atom. The highest BCUT2D eigenvalue weighted by Crippen LogP contribution is 2.62. The first-order chi connectivity index (χ1) is 11.2. The highest BCUT2D eigenvalue weighted by atomic mass is 16.5. The molecule has 5 atom stereocenters. The van der Waals surface area contributed by atoms with Crippen molar-refractivity contribution in [3.05, 3.63) is 11.6 Å². The third-order valence-electron chi connectivity index (χ3n) is 6.99. The van der Waals surface area contributed by atoms with Gasteiger partial charge < -0.3 is 9.47 Å². The van der Waals surface area contributed by atoms with Crippen LogP contribution in [-0.2, 0) is 19.1 Å². The minimum Gasteiger partial charge on any atom is -0.469 e. The summed E-state index contributed by atoms with van der Waals surface area (Å²) in [5.74, 6) is 0.512. The standard InChI is InChI=1S/C20H30O4/c1-12(2)17-13-7-8-15-19(3,14(13)11-16(21)24-17)9-6-10-20(15,4)18(22)23-5/h11-13,15,17H,6-10H2,1-5H3/t13-,15+,17+,19+,20-/m0/s1. The van der Waals surface area contributed by atoms with Gasteiger partial charge in [0.25, 0.3) is 0 Å². The first kappa shape index (κ1) is 17.5. The molecule has 3 aliphatic rings. The van der Waals surface area contributed by atoms with E-state index in [9.17, 15) is 9.59 Å². The molecule has 0 spiro atoms. The van der Waals surface area contributed by atoms with Gasteiger partial charge in [-0.15, -0.1) is 0 Å². The van der Waals surface area contributed by atoms with Crippen molar-refractivity contribution in [2.24, 2.45) is 28.6 Å². The molecular weight excluding hydrogens is 304 g/mol. The van der Waals surface area contributed by atoms with E-state index in [4.69, 9.17) is 9.47 Å². The molecule has 1 heterocycles. The zero-order valence-corrected chi connectivity index (χ0v) is 15.6. The Bertz CT molecular complexity index is 578. The van der Waals surface area contributed by atoms with Gasteiger partial charge in [0.05, 0.1) is 12.5 Å². The van der Waals surface area contributed by atoms with Crippen LogP contribution in [0.15, 0.2) is 11.6 Å². The summed E-state index contributed by atoms with van der Waals surface area (Å²) in [6.07, 6.45) is 6.56. The fraction of sp³-hybridized carbons (Fsp3) is 0.800. The van der Waals surface area contributed by atoms with Crippen molar-refractivity contribution in [3.63, 3.8) is 0 Å². The normalized spacial score (nSPS) is 41.8. The van der Waals surface area contributed by atoms with Crippen molar-refractivity contribution < 1.29 is 19.1 Å². The van der Waals surface area contributed by atoms with Crippen molar-refractivity contribution in [2.45, 2.75) is 65.9 Å². The summed E-state index contributed by atoms with van der Waals surface area (Å²) in [4.78, 5) is 24.8. The first-order valence-electron chi connectivity index (χ1n) is 9.25. The molecule has 2 aliphatic carbocycles. The van der Waals surface area contributed by atoms with Crippen molar-refractivity contribution >= 4 is 11.9 Å². The predicted molar refractivity (Wildman–Crippen MR) is 91.1 cm³/mol. The molecule has 134 valence electrons. The molecule has 2 fully saturated rings. The summed E-state index contributed by atoms with van der Waals surface area (Å²) in [6, 6.07) is 0. The van der Waals surface area contributed by atoms with Crippen LogP contribution in [0.3, 0.4) is 0 Å². The number of methoxy groups -OCH3 is 1. The quantitative estimate of drug-likeness (QED) is 0.719. The Hall–Kier alpha value is -1.32. The molecule has 0 amide bonds. The predicted octanol–water partition coefficient (Wildman–Crippen LogP) is 3.89. The maximum Gasteiger partial charge on any atom is 0.331 e. The Kier molecular flexibility index (Phi) is 4.29.